The second kappa shape index (κ2) is 24.4. The van der Waals surface area contributed by atoms with Gasteiger partial charge in [-0.05, 0) is 207 Å². The van der Waals surface area contributed by atoms with Crippen molar-refractivity contribution < 1.29 is 11.0 Å². The molecular weight excluding hydrogens is 1270 g/mol. The number of anilines is 6. The Morgan fingerprint density at radius 1 is 0.295 bits per heavy atom. The number of hydrogen-bond acceptors (Lipinski definition) is 3. The van der Waals surface area contributed by atoms with Gasteiger partial charge in [0.15, 0.2) is 0 Å². The highest BCUT2D eigenvalue weighted by molar-refractivity contribution is 7.00. The maximum Gasteiger partial charge on any atom is 0.252 e. The van der Waals surface area contributed by atoms with Crippen molar-refractivity contribution in [1.29, 1.82) is 5.26 Å². The van der Waals surface area contributed by atoms with E-state index in [1.807, 2.05) is 36.4 Å². The molecule has 0 spiro atoms. The van der Waals surface area contributed by atoms with Crippen molar-refractivity contribution in [2.75, 3.05) is 9.80 Å². The third-order valence-corrected chi connectivity index (χ3v) is 21.8. The summed E-state index contributed by atoms with van der Waals surface area (Å²) in [5.74, 6) is 0. The smallest absolute Gasteiger partial charge is 0.252 e. The van der Waals surface area contributed by atoms with E-state index in [1.165, 1.54) is 27.8 Å². The van der Waals surface area contributed by atoms with Crippen LogP contribution in [0.5, 0.6) is 0 Å². The van der Waals surface area contributed by atoms with Gasteiger partial charge in [-0.2, -0.15) is 5.26 Å². The van der Waals surface area contributed by atoms with Crippen LogP contribution in [0.25, 0.3) is 99.5 Å². The van der Waals surface area contributed by atoms with Crippen molar-refractivity contribution in [3.05, 3.63) is 306 Å². The topological polar surface area (TPSA) is 40.1 Å². The van der Waals surface area contributed by atoms with Crippen LogP contribution in [0.15, 0.2) is 273 Å². The molecule has 2 aromatic heterocycles. The minimum Gasteiger partial charge on any atom is -0.311 e. The second-order valence-electron chi connectivity index (χ2n) is 34.1. The third-order valence-electron chi connectivity index (χ3n) is 21.8. The zero-order valence-corrected chi connectivity index (χ0v) is 62.7. The predicted octanol–water partition coefficient (Wildman–Crippen LogP) is 25.0. The van der Waals surface area contributed by atoms with Crippen molar-refractivity contribution in [1.82, 2.24) is 9.13 Å². The molecule has 17 rings (SSSR count). The second-order valence-corrected chi connectivity index (χ2v) is 34.1. The van der Waals surface area contributed by atoms with Gasteiger partial charge in [-0.1, -0.05) is 286 Å². The molecule has 13 aromatic carbocycles. The molecule has 2 aliphatic rings. The zero-order chi connectivity index (χ0) is 79.9. The molecule has 0 amide bonds. The summed E-state index contributed by atoms with van der Waals surface area (Å²) in [6.45, 7) is 33.6. The predicted molar refractivity (Wildman–Crippen MR) is 449 cm³/mol. The Morgan fingerprint density at radius 3 is 1.24 bits per heavy atom. The van der Waals surface area contributed by atoms with Crippen LogP contribution in [-0.2, 0) is 27.1 Å². The number of rotatable bonds is 8. The first-order valence-electron chi connectivity index (χ1n) is 40.7. The summed E-state index contributed by atoms with van der Waals surface area (Å²) < 4.78 is 79.3. The molecule has 6 heteroatoms. The van der Waals surface area contributed by atoms with Crippen LogP contribution < -0.4 is 26.2 Å². The van der Waals surface area contributed by atoms with Gasteiger partial charge in [0.05, 0.1) is 44.7 Å². The minimum atomic E-state index is -0.528. The lowest BCUT2D eigenvalue weighted by atomic mass is 9.33. The van der Waals surface area contributed by atoms with E-state index in [9.17, 15) is 13.5 Å². The fourth-order valence-corrected chi connectivity index (χ4v) is 16.0. The molecule has 0 unspecified atom stereocenters. The van der Waals surface area contributed by atoms with Crippen LogP contribution in [0, 0.1) is 11.3 Å². The standard InChI is InChI=1S/C99H90BN5/c1-95(2,3)71-31-27-30-64(47-71)65-40-42-84-90(54-65)105(79-52-66(63-28-17-16-18-29-63)46-67(53-79)68-48-72(96(4,5)6)57-73(49-68)97(7,8)9)93-56-70(69-50-74(98(10,11)12)58-75(51-69)99(13,14)15)55-92-94(93)100(84)85-43-41-76(102-86-36-23-19-32-80(86)81-33-20-24-37-87(81)102)60-91(85)104(92)78-45-62(61-101)44-77(59-78)103-88-38-25-21-34-82(88)83-35-22-26-39-89(83)103/h16-60H,1-15H3/i19D,20D,23D,24D,32D,33D,36D,37D. The molecule has 2 aliphatic heterocycles. The lowest BCUT2D eigenvalue weighted by molar-refractivity contribution is 0.568. The van der Waals surface area contributed by atoms with E-state index in [4.69, 9.17) is 2.74 Å². The number of nitrogens with zero attached hydrogens (tertiary/aromatic N) is 5. The maximum atomic E-state index is 11.7. The zero-order valence-electron chi connectivity index (χ0n) is 70.7. The van der Waals surface area contributed by atoms with Crippen molar-refractivity contribution in [3.63, 3.8) is 0 Å². The van der Waals surface area contributed by atoms with Gasteiger partial charge in [-0.25, -0.2) is 0 Å². The highest BCUT2D eigenvalue weighted by atomic mass is 15.2. The fraction of sp³-hybridized carbons (Fsp3) is 0.202. The first-order valence-corrected chi connectivity index (χ1v) is 36.7. The van der Waals surface area contributed by atoms with Crippen LogP contribution in [0.3, 0.4) is 0 Å². The molecular formula is C99H90BN5. The quantitative estimate of drug-likeness (QED) is 0.142. The molecule has 15 aromatic rings. The fourth-order valence-electron chi connectivity index (χ4n) is 16.0. The minimum absolute atomic E-state index is 0.0115. The summed E-state index contributed by atoms with van der Waals surface area (Å²) in [6, 6.07) is 80.4. The van der Waals surface area contributed by atoms with E-state index in [0.29, 0.717) is 22.6 Å². The van der Waals surface area contributed by atoms with E-state index in [0.717, 1.165) is 111 Å². The number of nitriles is 1. The third kappa shape index (κ3) is 11.5. The van der Waals surface area contributed by atoms with Gasteiger partial charge in [0.1, 0.15) is 0 Å². The van der Waals surface area contributed by atoms with Crippen LogP contribution in [0.4, 0.5) is 34.1 Å². The van der Waals surface area contributed by atoms with Crippen molar-refractivity contribution in [2.24, 2.45) is 0 Å². The van der Waals surface area contributed by atoms with Crippen molar-refractivity contribution >= 4 is 101 Å². The Bertz CT molecular complexity index is 6410. The highest BCUT2D eigenvalue weighted by Gasteiger charge is 2.45. The van der Waals surface area contributed by atoms with Crippen LogP contribution in [0.1, 0.15) is 148 Å². The van der Waals surface area contributed by atoms with Crippen LogP contribution in [-0.4, -0.2) is 15.8 Å². The number of aromatic nitrogens is 2. The van der Waals surface area contributed by atoms with Gasteiger partial charge in [0.25, 0.3) is 6.71 Å². The normalized spacial score (nSPS) is 14.3. The van der Waals surface area contributed by atoms with Crippen LogP contribution in [0.2, 0.25) is 0 Å². The Morgan fingerprint density at radius 2 is 0.705 bits per heavy atom. The molecule has 4 heterocycles. The summed E-state index contributed by atoms with van der Waals surface area (Å²) in [4.78, 5) is 4.79. The number of hydrogen-bond donors (Lipinski definition) is 0. The SMILES string of the molecule is [2H]c1c([2H])c([2H])c2c(c1[2H])c1c([2H])c([2H])c([2H])c([2H])c1n2-c1ccc2c(c1)N(c1cc(C#N)cc(-n3c4ccccc4c4ccccc43)c1)c1cc(-c3cc(C(C)(C)C)cc(C(C)(C)C)c3)cc3c1B2c1ccc(-c2cccc(C(C)(C)C)c2)cc1N3c1cc(-c2ccccc2)cc(-c2cc(C(C)(C)C)cc(C(C)(C)C)c2)c1. The first-order chi connectivity index (χ1) is 53.5. The van der Waals surface area contributed by atoms with Gasteiger partial charge in [-0.3, -0.25) is 0 Å². The maximum absolute atomic E-state index is 11.7. The molecule has 105 heavy (non-hydrogen) atoms. The summed E-state index contributed by atoms with van der Waals surface area (Å²) in [6.07, 6.45) is 0. The molecule has 0 radical (unpaired) electrons. The van der Waals surface area contributed by atoms with Crippen LogP contribution >= 0.6 is 0 Å². The lowest BCUT2D eigenvalue weighted by Crippen LogP contribution is -2.61. The first kappa shape index (κ1) is 58.0. The molecule has 0 bridgehead atoms. The molecule has 0 saturated heterocycles. The average Bonchev–Trinajstić information content (AvgIpc) is 1.68. The van der Waals surface area contributed by atoms with E-state index in [-0.39, 0.29) is 48.9 Å². The molecule has 514 valence electrons. The molecule has 0 N–H and O–H groups in total. The molecule has 0 atom stereocenters. The highest BCUT2D eigenvalue weighted by Crippen LogP contribution is 2.51. The van der Waals surface area contributed by atoms with Gasteiger partial charge in [-0.15, -0.1) is 0 Å². The summed E-state index contributed by atoms with van der Waals surface area (Å²) in [5, 5.41) is 13.8. The van der Waals surface area contributed by atoms with Crippen molar-refractivity contribution in [3.8, 4) is 62.0 Å². The van der Waals surface area contributed by atoms with E-state index < -0.39 is 55.1 Å². The van der Waals surface area contributed by atoms with Gasteiger partial charge in [0.2, 0.25) is 0 Å². The number of benzene rings is 13. The molecule has 5 nitrogen and oxygen atoms in total. The van der Waals surface area contributed by atoms with Gasteiger partial charge in [0, 0.05) is 67.0 Å². The molecule has 0 fully saturated rings. The molecule has 0 saturated carbocycles. The van der Waals surface area contributed by atoms with Crippen molar-refractivity contribution in [2.45, 2.75) is 131 Å². The largest absolute Gasteiger partial charge is 0.311 e. The van der Waals surface area contributed by atoms with E-state index in [2.05, 4.69) is 312 Å². The van der Waals surface area contributed by atoms with Gasteiger partial charge >= 0.3 is 0 Å². The summed E-state index contributed by atoms with van der Waals surface area (Å²) in [7, 11) is 0. The Balaban J connectivity index is 1.06. The number of para-hydroxylation sites is 4. The monoisotopic (exact) mass is 1370 g/mol. The van der Waals surface area contributed by atoms with Gasteiger partial charge < -0.3 is 18.9 Å². The average molecular weight is 1370 g/mol. The van der Waals surface area contributed by atoms with E-state index in [1.54, 1.807) is 4.57 Å². The summed E-state index contributed by atoms with van der Waals surface area (Å²) in [5.41, 5.74) is 24.5. The Kier molecular flexibility index (Phi) is 13.5. The summed E-state index contributed by atoms with van der Waals surface area (Å²) >= 11 is 0. The number of fused-ring (bicyclic) bond motifs is 10. The lowest BCUT2D eigenvalue weighted by Gasteiger charge is -2.45. The Labute approximate surface area is 631 Å². The Hall–Kier alpha value is -11.4. The van der Waals surface area contributed by atoms with E-state index >= 15 is 0 Å². The molecule has 0 aliphatic carbocycles.